The van der Waals surface area contributed by atoms with Gasteiger partial charge in [-0.2, -0.15) is 0 Å². The lowest BCUT2D eigenvalue weighted by Crippen LogP contribution is -2.57. The molecule has 0 bridgehead atoms. The Bertz CT molecular complexity index is 484. The van der Waals surface area contributed by atoms with E-state index in [1.807, 2.05) is 14.1 Å². The van der Waals surface area contributed by atoms with E-state index in [0.717, 1.165) is 12.8 Å². The fourth-order valence-electron chi connectivity index (χ4n) is 2.42. The molecule has 1 amide bonds. The van der Waals surface area contributed by atoms with Gasteiger partial charge in [-0.25, -0.2) is 4.39 Å². The zero-order chi connectivity index (χ0) is 14.0. The van der Waals surface area contributed by atoms with Crippen LogP contribution in [0.5, 0.6) is 0 Å². The smallest absolute Gasteiger partial charge is 0.254 e. The van der Waals surface area contributed by atoms with E-state index in [-0.39, 0.29) is 17.0 Å². The predicted molar refractivity (Wildman–Crippen MR) is 73.4 cm³/mol. The largest absolute Gasteiger partial charge is 0.399 e. The maximum absolute atomic E-state index is 13.6. The number of likely N-dealkylation sites (N-methyl/N-ethyl adjacent to an activating group) is 1. The zero-order valence-corrected chi connectivity index (χ0v) is 11.4. The standard InChI is InChI=1S/C14H20FN3O/c1-18(2)14(6-3-7-14)9-17-13(19)11-5-4-10(16)8-12(11)15/h4-5,8H,3,6-7,9,16H2,1-2H3,(H,17,19). The lowest BCUT2D eigenvalue weighted by Gasteiger charge is -2.47. The molecule has 0 aliphatic heterocycles. The van der Waals surface area contributed by atoms with Gasteiger partial charge in [-0.3, -0.25) is 4.79 Å². The number of hydrogen-bond donors (Lipinski definition) is 2. The number of carbonyl (C=O) groups excluding carboxylic acids is 1. The highest BCUT2D eigenvalue weighted by Crippen LogP contribution is 2.35. The van der Waals surface area contributed by atoms with Crippen molar-refractivity contribution in [2.45, 2.75) is 24.8 Å². The van der Waals surface area contributed by atoms with Crippen molar-refractivity contribution in [3.8, 4) is 0 Å². The first-order valence-electron chi connectivity index (χ1n) is 6.45. The summed E-state index contributed by atoms with van der Waals surface area (Å²) >= 11 is 0. The summed E-state index contributed by atoms with van der Waals surface area (Å²) in [5.41, 5.74) is 5.85. The zero-order valence-electron chi connectivity index (χ0n) is 11.4. The number of amides is 1. The maximum atomic E-state index is 13.6. The summed E-state index contributed by atoms with van der Waals surface area (Å²) in [6.07, 6.45) is 3.29. The van der Waals surface area contributed by atoms with Crippen molar-refractivity contribution in [1.82, 2.24) is 10.2 Å². The van der Waals surface area contributed by atoms with E-state index in [9.17, 15) is 9.18 Å². The molecule has 0 heterocycles. The second-order valence-corrected chi connectivity index (χ2v) is 5.39. The number of nitrogen functional groups attached to an aromatic ring is 1. The fourth-order valence-corrected chi connectivity index (χ4v) is 2.42. The minimum Gasteiger partial charge on any atom is -0.399 e. The van der Waals surface area contributed by atoms with Gasteiger partial charge in [-0.1, -0.05) is 0 Å². The van der Waals surface area contributed by atoms with E-state index < -0.39 is 5.82 Å². The van der Waals surface area contributed by atoms with Crippen LogP contribution >= 0.6 is 0 Å². The molecule has 4 nitrogen and oxygen atoms in total. The monoisotopic (exact) mass is 265 g/mol. The molecule has 0 spiro atoms. The molecule has 2 rings (SSSR count). The average Bonchev–Trinajstić information content (AvgIpc) is 2.26. The maximum Gasteiger partial charge on any atom is 0.254 e. The summed E-state index contributed by atoms with van der Waals surface area (Å²) in [4.78, 5) is 14.1. The van der Waals surface area contributed by atoms with E-state index in [1.54, 1.807) is 0 Å². The highest BCUT2D eigenvalue weighted by molar-refractivity contribution is 5.94. The van der Waals surface area contributed by atoms with Crippen LogP contribution in [0.1, 0.15) is 29.6 Å². The molecule has 5 heteroatoms. The predicted octanol–water partition coefficient (Wildman–Crippen LogP) is 1.62. The molecular formula is C14H20FN3O. The van der Waals surface area contributed by atoms with Gasteiger partial charge in [0.2, 0.25) is 0 Å². The Kier molecular flexibility index (Phi) is 3.75. The van der Waals surface area contributed by atoms with E-state index in [0.29, 0.717) is 12.2 Å². The number of halogens is 1. The van der Waals surface area contributed by atoms with Gasteiger partial charge >= 0.3 is 0 Å². The first-order chi connectivity index (χ1) is 8.94. The highest BCUT2D eigenvalue weighted by atomic mass is 19.1. The van der Waals surface area contributed by atoms with Crippen LogP contribution in [0.15, 0.2) is 18.2 Å². The number of nitrogens with two attached hydrogens (primary N) is 1. The van der Waals surface area contributed by atoms with E-state index in [2.05, 4.69) is 10.2 Å². The van der Waals surface area contributed by atoms with Gasteiger partial charge in [-0.05, 0) is 51.6 Å². The van der Waals surface area contributed by atoms with Crippen LogP contribution in [-0.2, 0) is 0 Å². The summed E-state index contributed by atoms with van der Waals surface area (Å²) in [7, 11) is 4.02. The molecule has 1 aromatic rings. The number of carbonyl (C=O) groups is 1. The minimum absolute atomic E-state index is 0.0277. The Morgan fingerprint density at radius 1 is 1.47 bits per heavy atom. The summed E-state index contributed by atoms with van der Waals surface area (Å²) in [6.45, 7) is 0.544. The van der Waals surface area contributed by atoms with Gasteiger partial charge in [0.1, 0.15) is 5.82 Å². The van der Waals surface area contributed by atoms with Crippen molar-refractivity contribution >= 4 is 11.6 Å². The van der Waals surface area contributed by atoms with E-state index in [4.69, 9.17) is 5.73 Å². The minimum atomic E-state index is -0.579. The Labute approximate surface area is 112 Å². The van der Waals surface area contributed by atoms with Crippen molar-refractivity contribution in [3.05, 3.63) is 29.6 Å². The van der Waals surface area contributed by atoms with Gasteiger partial charge in [0.25, 0.3) is 5.91 Å². The van der Waals surface area contributed by atoms with E-state index >= 15 is 0 Å². The molecule has 1 aliphatic carbocycles. The van der Waals surface area contributed by atoms with Crippen LogP contribution < -0.4 is 11.1 Å². The number of nitrogens with zero attached hydrogens (tertiary/aromatic N) is 1. The topological polar surface area (TPSA) is 58.4 Å². The second kappa shape index (κ2) is 5.17. The van der Waals surface area contributed by atoms with Gasteiger partial charge in [0.15, 0.2) is 0 Å². The fraction of sp³-hybridized carbons (Fsp3) is 0.500. The molecule has 0 radical (unpaired) electrons. The van der Waals surface area contributed by atoms with Crippen LogP contribution in [0, 0.1) is 5.82 Å². The molecule has 0 aromatic heterocycles. The number of rotatable bonds is 4. The molecule has 0 saturated heterocycles. The summed E-state index contributed by atoms with van der Waals surface area (Å²) in [5, 5.41) is 2.82. The van der Waals surface area contributed by atoms with Gasteiger partial charge < -0.3 is 16.0 Å². The van der Waals surface area contributed by atoms with Crippen molar-refractivity contribution < 1.29 is 9.18 Å². The molecule has 1 saturated carbocycles. The lowest BCUT2D eigenvalue weighted by molar-refractivity contribution is 0.0556. The number of benzene rings is 1. The van der Waals surface area contributed by atoms with Crippen molar-refractivity contribution in [3.63, 3.8) is 0 Å². The number of anilines is 1. The highest BCUT2D eigenvalue weighted by Gasteiger charge is 2.39. The first kappa shape index (κ1) is 13.8. The number of nitrogens with one attached hydrogen (secondary N) is 1. The molecule has 1 aromatic carbocycles. The Morgan fingerprint density at radius 2 is 2.16 bits per heavy atom. The molecular weight excluding hydrogens is 245 g/mol. The van der Waals surface area contributed by atoms with Crippen LogP contribution in [0.3, 0.4) is 0 Å². The summed E-state index contributed by atoms with van der Waals surface area (Å²) in [6, 6.07) is 4.12. The quantitative estimate of drug-likeness (QED) is 0.813. The Hall–Kier alpha value is -1.62. The average molecular weight is 265 g/mol. The normalized spacial score (nSPS) is 17.1. The third-order valence-corrected chi connectivity index (χ3v) is 4.05. The Balaban J connectivity index is 2.01. The first-order valence-corrected chi connectivity index (χ1v) is 6.45. The molecule has 0 unspecified atom stereocenters. The molecule has 1 aliphatic rings. The van der Waals surface area contributed by atoms with Crippen molar-refractivity contribution in [1.29, 1.82) is 0 Å². The molecule has 104 valence electrons. The van der Waals surface area contributed by atoms with Crippen LogP contribution in [0.2, 0.25) is 0 Å². The van der Waals surface area contributed by atoms with Gasteiger partial charge in [0, 0.05) is 17.8 Å². The molecule has 1 fully saturated rings. The van der Waals surface area contributed by atoms with Crippen LogP contribution in [-0.4, -0.2) is 37.0 Å². The van der Waals surface area contributed by atoms with Crippen molar-refractivity contribution in [2.75, 3.05) is 26.4 Å². The second-order valence-electron chi connectivity index (χ2n) is 5.39. The summed E-state index contributed by atoms with van der Waals surface area (Å²) in [5.74, 6) is -0.962. The van der Waals surface area contributed by atoms with Crippen LogP contribution in [0.25, 0.3) is 0 Å². The molecule has 19 heavy (non-hydrogen) atoms. The molecule has 3 N–H and O–H groups in total. The van der Waals surface area contributed by atoms with Gasteiger partial charge in [0.05, 0.1) is 5.56 Å². The Morgan fingerprint density at radius 3 is 2.63 bits per heavy atom. The van der Waals surface area contributed by atoms with E-state index in [1.165, 1.54) is 24.6 Å². The summed E-state index contributed by atoms with van der Waals surface area (Å²) < 4.78 is 13.6. The SMILES string of the molecule is CN(C)C1(CNC(=O)c2ccc(N)cc2F)CCC1. The van der Waals surface area contributed by atoms with Crippen molar-refractivity contribution in [2.24, 2.45) is 0 Å². The number of hydrogen-bond acceptors (Lipinski definition) is 3. The third kappa shape index (κ3) is 2.71. The molecule has 0 atom stereocenters. The lowest BCUT2D eigenvalue weighted by atomic mass is 9.75. The van der Waals surface area contributed by atoms with Crippen LogP contribution in [0.4, 0.5) is 10.1 Å². The van der Waals surface area contributed by atoms with Gasteiger partial charge in [-0.15, -0.1) is 0 Å². The third-order valence-electron chi connectivity index (χ3n) is 4.05.